The van der Waals surface area contributed by atoms with Crippen molar-refractivity contribution in [3.8, 4) is 0 Å². The van der Waals surface area contributed by atoms with E-state index in [1.807, 2.05) is 30.3 Å². The molecule has 92 valence electrons. The summed E-state index contributed by atoms with van der Waals surface area (Å²) in [6, 6.07) is 9.51. The molecule has 1 N–H and O–H groups in total. The van der Waals surface area contributed by atoms with Gasteiger partial charge in [0.05, 0.1) is 0 Å². The lowest BCUT2D eigenvalue weighted by molar-refractivity contribution is -0.107. The van der Waals surface area contributed by atoms with Gasteiger partial charge in [-0.1, -0.05) is 30.3 Å². The molecule has 0 bridgehead atoms. The maximum atomic E-state index is 11.2. The van der Waals surface area contributed by atoms with Crippen molar-refractivity contribution in [2.75, 3.05) is 6.54 Å². The van der Waals surface area contributed by atoms with E-state index >= 15 is 0 Å². The third kappa shape index (κ3) is 6.35. The summed E-state index contributed by atoms with van der Waals surface area (Å²) in [7, 11) is 0. The van der Waals surface area contributed by atoms with E-state index in [4.69, 9.17) is 4.74 Å². The van der Waals surface area contributed by atoms with Crippen molar-refractivity contribution in [3.05, 3.63) is 35.9 Å². The summed E-state index contributed by atoms with van der Waals surface area (Å²) >= 11 is 0. The summed E-state index contributed by atoms with van der Waals surface area (Å²) in [5.41, 5.74) is 0.962. The van der Waals surface area contributed by atoms with Gasteiger partial charge in [-0.05, 0) is 18.4 Å². The van der Waals surface area contributed by atoms with Crippen molar-refractivity contribution in [2.45, 2.75) is 25.9 Å². The Balaban J connectivity index is 2.07. The topological polar surface area (TPSA) is 55.4 Å². The maximum Gasteiger partial charge on any atom is 0.407 e. The number of carbonyl (C=O) groups is 2. The molecule has 0 atom stereocenters. The summed E-state index contributed by atoms with van der Waals surface area (Å²) in [6.45, 7) is 0.822. The molecule has 0 saturated heterocycles. The fourth-order valence-corrected chi connectivity index (χ4v) is 1.32. The molecule has 0 aromatic heterocycles. The highest BCUT2D eigenvalue weighted by atomic mass is 16.5. The van der Waals surface area contributed by atoms with Gasteiger partial charge in [0.15, 0.2) is 0 Å². The second kappa shape index (κ2) is 8.33. The van der Waals surface area contributed by atoms with Crippen molar-refractivity contribution in [2.24, 2.45) is 0 Å². The van der Waals surface area contributed by atoms with E-state index in [1.165, 1.54) is 0 Å². The van der Waals surface area contributed by atoms with Crippen LogP contribution in [-0.4, -0.2) is 18.9 Å². The Kier molecular flexibility index (Phi) is 6.48. The van der Waals surface area contributed by atoms with Crippen molar-refractivity contribution in [3.63, 3.8) is 0 Å². The molecule has 1 amide bonds. The van der Waals surface area contributed by atoms with Crippen LogP contribution in [-0.2, 0) is 16.1 Å². The fourth-order valence-electron chi connectivity index (χ4n) is 1.32. The van der Waals surface area contributed by atoms with Gasteiger partial charge in [-0.3, -0.25) is 0 Å². The zero-order valence-corrected chi connectivity index (χ0v) is 9.72. The molecule has 1 aromatic rings. The molecular formula is C13H17NO3. The molecule has 0 aliphatic rings. The normalized spacial score (nSPS) is 9.65. The Labute approximate surface area is 101 Å². The van der Waals surface area contributed by atoms with E-state index in [-0.39, 0.29) is 6.61 Å². The van der Waals surface area contributed by atoms with Crippen LogP contribution in [0.15, 0.2) is 30.3 Å². The van der Waals surface area contributed by atoms with E-state index in [9.17, 15) is 9.59 Å². The van der Waals surface area contributed by atoms with Crippen LogP contribution < -0.4 is 5.32 Å². The number of nitrogens with one attached hydrogen (secondary N) is 1. The van der Waals surface area contributed by atoms with Crippen LogP contribution in [0.25, 0.3) is 0 Å². The molecule has 0 aliphatic carbocycles. The standard InChI is InChI=1S/C13H17NO3/c15-10-6-2-5-9-14-13(16)17-11-12-7-3-1-4-8-12/h1,3-4,7-8,10H,2,5-6,9,11H2,(H,14,16). The zero-order valence-electron chi connectivity index (χ0n) is 9.72. The first kappa shape index (κ1) is 13.2. The number of hydrogen-bond donors (Lipinski definition) is 1. The summed E-state index contributed by atoms with van der Waals surface area (Å²) in [6.07, 6.45) is 2.59. The zero-order chi connectivity index (χ0) is 12.3. The lowest BCUT2D eigenvalue weighted by atomic mass is 10.2. The van der Waals surface area contributed by atoms with E-state index in [0.717, 1.165) is 24.7 Å². The molecule has 4 heteroatoms. The van der Waals surface area contributed by atoms with Gasteiger partial charge in [0.1, 0.15) is 12.9 Å². The summed E-state index contributed by atoms with van der Waals surface area (Å²) in [4.78, 5) is 21.3. The average Bonchev–Trinajstić information content (AvgIpc) is 2.37. The number of hydrogen-bond acceptors (Lipinski definition) is 3. The predicted molar refractivity (Wildman–Crippen MR) is 64.5 cm³/mol. The predicted octanol–water partition coefficient (Wildman–Crippen LogP) is 2.28. The second-order valence-corrected chi connectivity index (χ2v) is 3.65. The van der Waals surface area contributed by atoms with Gasteiger partial charge < -0.3 is 14.8 Å². The SMILES string of the molecule is O=CCCCCNC(=O)OCc1ccccc1. The summed E-state index contributed by atoms with van der Waals surface area (Å²) in [5.74, 6) is 0. The van der Waals surface area contributed by atoms with E-state index < -0.39 is 6.09 Å². The summed E-state index contributed by atoms with van der Waals surface area (Å²) < 4.78 is 5.02. The van der Waals surface area contributed by atoms with Gasteiger partial charge >= 0.3 is 6.09 Å². The van der Waals surface area contributed by atoms with Crippen LogP contribution in [0.4, 0.5) is 4.79 Å². The lowest BCUT2D eigenvalue weighted by Gasteiger charge is -2.06. The van der Waals surface area contributed by atoms with Crippen LogP contribution in [0.5, 0.6) is 0 Å². The molecule has 1 rings (SSSR count). The molecular weight excluding hydrogens is 218 g/mol. The number of aldehydes is 1. The monoisotopic (exact) mass is 235 g/mol. The number of benzene rings is 1. The van der Waals surface area contributed by atoms with Gasteiger partial charge in [-0.15, -0.1) is 0 Å². The quantitative estimate of drug-likeness (QED) is 0.582. The van der Waals surface area contributed by atoms with Crippen molar-refractivity contribution >= 4 is 12.4 Å². The van der Waals surface area contributed by atoms with Gasteiger partial charge in [0.25, 0.3) is 0 Å². The lowest BCUT2D eigenvalue weighted by Crippen LogP contribution is -2.25. The molecule has 4 nitrogen and oxygen atoms in total. The van der Waals surface area contributed by atoms with Crippen LogP contribution in [0, 0.1) is 0 Å². The highest BCUT2D eigenvalue weighted by molar-refractivity contribution is 5.67. The third-order valence-corrected chi connectivity index (χ3v) is 2.23. The highest BCUT2D eigenvalue weighted by Crippen LogP contribution is 2.00. The van der Waals surface area contributed by atoms with Crippen molar-refractivity contribution in [1.82, 2.24) is 5.32 Å². The van der Waals surface area contributed by atoms with Gasteiger partial charge in [-0.25, -0.2) is 4.79 Å². The van der Waals surface area contributed by atoms with E-state index in [1.54, 1.807) is 0 Å². The van der Waals surface area contributed by atoms with Crippen LogP contribution >= 0.6 is 0 Å². The van der Waals surface area contributed by atoms with Crippen LogP contribution in [0.1, 0.15) is 24.8 Å². The first-order chi connectivity index (χ1) is 8.33. The second-order valence-electron chi connectivity index (χ2n) is 3.65. The molecule has 0 radical (unpaired) electrons. The van der Waals surface area contributed by atoms with E-state index in [0.29, 0.717) is 13.0 Å². The van der Waals surface area contributed by atoms with Gasteiger partial charge in [0.2, 0.25) is 0 Å². The number of unbranched alkanes of at least 4 members (excludes halogenated alkanes) is 2. The number of alkyl carbamates (subject to hydrolysis) is 1. The molecule has 0 heterocycles. The molecule has 0 aliphatic heterocycles. The molecule has 0 fully saturated rings. The Morgan fingerprint density at radius 3 is 2.71 bits per heavy atom. The Bertz CT molecular complexity index is 338. The van der Waals surface area contributed by atoms with Gasteiger partial charge in [-0.2, -0.15) is 0 Å². The van der Waals surface area contributed by atoms with Crippen molar-refractivity contribution < 1.29 is 14.3 Å². The molecule has 0 spiro atoms. The molecule has 17 heavy (non-hydrogen) atoms. The van der Waals surface area contributed by atoms with Crippen LogP contribution in [0.2, 0.25) is 0 Å². The average molecular weight is 235 g/mol. The first-order valence-corrected chi connectivity index (χ1v) is 5.71. The highest BCUT2D eigenvalue weighted by Gasteiger charge is 2.00. The largest absolute Gasteiger partial charge is 0.445 e. The van der Waals surface area contributed by atoms with Gasteiger partial charge in [0, 0.05) is 13.0 Å². The fraction of sp³-hybridized carbons (Fsp3) is 0.385. The Hall–Kier alpha value is -1.84. The third-order valence-electron chi connectivity index (χ3n) is 2.23. The van der Waals surface area contributed by atoms with Crippen molar-refractivity contribution in [1.29, 1.82) is 0 Å². The summed E-state index contributed by atoms with van der Waals surface area (Å²) in [5, 5.41) is 2.63. The Morgan fingerprint density at radius 2 is 2.00 bits per heavy atom. The Morgan fingerprint density at radius 1 is 1.24 bits per heavy atom. The minimum absolute atomic E-state index is 0.279. The number of rotatable bonds is 7. The molecule has 0 saturated carbocycles. The number of amides is 1. The molecule has 1 aromatic carbocycles. The minimum atomic E-state index is -0.417. The smallest absolute Gasteiger partial charge is 0.407 e. The van der Waals surface area contributed by atoms with Crippen LogP contribution in [0.3, 0.4) is 0 Å². The molecule has 0 unspecified atom stereocenters. The maximum absolute atomic E-state index is 11.2. The van der Waals surface area contributed by atoms with E-state index in [2.05, 4.69) is 5.32 Å². The minimum Gasteiger partial charge on any atom is -0.445 e. The first-order valence-electron chi connectivity index (χ1n) is 5.71. The number of carbonyl (C=O) groups excluding carboxylic acids is 2. The number of ether oxygens (including phenoxy) is 1.